The van der Waals surface area contributed by atoms with Crippen molar-refractivity contribution in [2.75, 3.05) is 6.61 Å². The first-order valence-electron chi connectivity index (χ1n) is 6.12. The highest BCUT2D eigenvalue weighted by atomic mass is 35.5. The number of pyridine rings is 1. The van der Waals surface area contributed by atoms with Crippen LogP contribution in [0.2, 0.25) is 5.02 Å². The number of ether oxygens (including phenoxy) is 1. The third-order valence-corrected chi connectivity index (χ3v) is 2.98. The molecule has 0 radical (unpaired) electrons. The Labute approximate surface area is 121 Å². The number of fused-ring (bicyclic) bond motifs is 1. The van der Waals surface area contributed by atoms with Crippen LogP contribution in [0.5, 0.6) is 0 Å². The van der Waals surface area contributed by atoms with Gasteiger partial charge in [-0.3, -0.25) is 4.98 Å². The normalized spacial score (nSPS) is 11.2. The minimum Gasteiger partial charge on any atom is -0.463 e. The van der Waals surface area contributed by atoms with E-state index in [1.54, 1.807) is 19.9 Å². The Balaban J connectivity index is 2.55. The lowest BCUT2D eigenvalue weighted by molar-refractivity contribution is -0.137. The molecular formula is C15H13ClFNO2. The van der Waals surface area contributed by atoms with Crippen molar-refractivity contribution in [2.45, 2.75) is 13.8 Å². The molecule has 1 heterocycles. The Bertz CT molecular complexity index is 698. The number of benzene rings is 1. The highest BCUT2D eigenvalue weighted by molar-refractivity contribution is 6.35. The van der Waals surface area contributed by atoms with E-state index in [4.69, 9.17) is 16.3 Å². The van der Waals surface area contributed by atoms with Crippen molar-refractivity contribution in [1.82, 2.24) is 4.98 Å². The van der Waals surface area contributed by atoms with E-state index in [2.05, 4.69) is 4.98 Å². The van der Waals surface area contributed by atoms with Gasteiger partial charge < -0.3 is 4.74 Å². The van der Waals surface area contributed by atoms with Gasteiger partial charge >= 0.3 is 5.97 Å². The summed E-state index contributed by atoms with van der Waals surface area (Å²) in [6, 6.07) is 4.30. The van der Waals surface area contributed by atoms with Crippen molar-refractivity contribution in [3.8, 4) is 0 Å². The van der Waals surface area contributed by atoms with Crippen LogP contribution in [0.25, 0.3) is 17.0 Å². The average Bonchev–Trinajstić information content (AvgIpc) is 2.37. The maximum atomic E-state index is 13.6. The molecule has 3 nitrogen and oxygen atoms in total. The molecule has 0 spiro atoms. The fraction of sp³-hybridized carbons (Fsp3) is 0.200. The molecule has 0 aliphatic carbocycles. The Kier molecular flexibility index (Phi) is 4.35. The minimum atomic E-state index is -0.483. The fourth-order valence-electron chi connectivity index (χ4n) is 1.87. The first-order chi connectivity index (χ1) is 9.51. The minimum absolute atomic E-state index is 0.288. The summed E-state index contributed by atoms with van der Waals surface area (Å²) < 4.78 is 18.4. The van der Waals surface area contributed by atoms with Crippen molar-refractivity contribution in [2.24, 2.45) is 0 Å². The van der Waals surface area contributed by atoms with Crippen molar-refractivity contribution < 1.29 is 13.9 Å². The van der Waals surface area contributed by atoms with Gasteiger partial charge in [-0.2, -0.15) is 0 Å². The zero-order valence-electron chi connectivity index (χ0n) is 11.1. The third kappa shape index (κ3) is 3.14. The van der Waals surface area contributed by atoms with E-state index in [0.29, 0.717) is 21.5 Å². The Morgan fingerprint density at radius 1 is 1.45 bits per heavy atom. The molecule has 0 N–H and O–H groups in total. The van der Waals surface area contributed by atoms with Crippen LogP contribution in [-0.4, -0.2) is 17.6 Å². The van der Waals surface area contributed by atoms with Gasteiger partial charge in [-0.25, -0.2) is 9.18 Å². The molecule has 0 saturated heterocycles. The van der Waals surface area contributed by atoms with Crippen LogP contribution in [0.15, 0.2) is 24.3 Å². The molecule has 104 valence electrons. The molecule has 0 bridgehead atoms. The SMILES string of the molecule is CCOC(=O)/C=C/c1cc(F)cc2c(Cl)cc(C)nc12. The molecule has 0 saturated carbocycles. The average molecular weight is 294 g/mol. The van der Waals surface area contributed by atoms with Crippen LogP contribution in [0.1, 0.15) is 18.2 Å². The molecule has 1 aromatic heterocycles. The molecule has 0 aliphatic rings. The summed E-state index contributed by atoms with van der Waals surface area (Å²) in [4.78, 5) is 15.7. The van der Waals surface area contributed by atoms with E-state index in [-0.39, 0.29) is 6.61 Å². The second-order valence-electron chi connectivity index (χ2n) is 4.22. The van der Waals surface area contributed by atoms with Crippen LogP contribution in [0, 0.1) is 12.7 Å². The monoisotopic (exact) mass is 293 g/mol. The Morgan fingerprint density at radius 3 is 2.90 bits per heavy atom. The molecule has 1 aromatic carbocycles. The molecule has 2 aromatic rings. The van der Waals surface area contributed by atoms with Gasteiger partial charge in [-0.15, -0.1) is 0 Å². The second-order valence-corrected chi connectivity index (χ2v) is 4.63. The van der Waals surface area contributed by atoms with Gasteiger partial charge in [0.1, 0.15) is 5.82 Å². The zero-order valence-corrected chi connectivity index (χ0v) is 11.9. The highest BCUT2D eigenvalue weighted by Crippen LogP contribution is 2.27. The third-order valence-electron chi connectivity index (χ3n) is 2.67. The number of aryl methyl sites for hydroxylation is 1. The van der Waals surface area contributed by atoms with Gasteiger partial charge in [0.05, 0.1) is 17.1 Å². The van der Waals surface area contributed by atoms with Gasteiger partial charge in [0, 0.05) is 22.7 Å². The van der Waals surface area contributed by atoms with E-state index >= 15 is 0 Å². The largest absolute Gasteiger partial charge is 0.463 e. The first kappa shape index (κ1) is 14.5. The Hall–Kier alpha value is -1.94. The lowest BCUT2D eigenvalue weighted by Gasteiger charge is -2.06. The lowest BCUT2D eigenvalue weighted by atomic mass is 10.1. The van der Waals surface area contributed by atoms with E-state index in [1.807, 2.05) is 0 Å². The summed E-state index contributed by atoms with van der Waals surface area (Å²) in [5, 5.41) is 0.943. The molecule has 5 heteroatoms. The number of hydrogen-bond acceptors (Lipinski definition) is 3. The fourth-order valence-corrected chi connectivity index (χ4v) is 2.17. The molecule has 0 atom stereocenters. The standard InChI is InChI=1S/C15H13ClFNO2/c1-3-20-14(19)5-4-10-7-11(17)8-12-13(16)6-9(2)18-15(10)12/h4-8H,3H2,1-2H3/b5-4+. The van der Waals surface area contributed by atoms with E-state index in [0.717, 1.165) is 5.69 Å². The first-order valence-corrected chi connectivity index (χ1v) is 6.50. The zero-order chi connectivity index (χ0) is 14.7. The van der Waals surface area contributed by atoms with E-state index in [1.165, 1.54) is 24.3 Å². The van der Waals surface area contributed by atoms with Crippen molar-refractivity contribution in [3.63, 3.8) is 0 Å². The van der Waals surface area contributed by atoms with Gasteiger partial charge in [0.2, 0.25) is 0 Å². The van der Waals surface area contributed by atoms with Gasteiger partial charge in [-0.1, -0.05) is 11.6 Å². The number of halogens is 2. The summed E-state index contributed by atoms with van der Waals surface area (Å²) in [6.45, 7) is 3.80. The molecule has 0 amide bonds. The molecule has 0 fully saturated rings. The van der Waals surface area contributed by atoms with Crippen molar-refractivity contribution in [3.05, 3.63) is 46.4 Å². The molecule has 0 unspecified atom stereocenters. The molecular weight excluding hydrogens is 281 g/mol. The van der Waals surface area contributed by atoms with Crippen molar-refractivity contribution in [1.29, 1.82) is 0 Å². The number of carbonyl (C=O) groups excluding carboxylic acids is 1. The van der Waals surface area contributed by atoms with Crippen LogP contribution < -0.4 is 0 Å². The summed E-state index contributed by atoms with van der Waals surface area (Å²) in [7, 11) is 0. The van der Waals surface area contributed by atoms with E-state index in [9.17, 15) is 9.18 Å². The summed E-state index contributed by atoms with van der Waals surface area (Å²) in [5.74, 6) is -0.919. The number of esters is 1. The number of hydrogen-bond donors (Lipinski definition) is 0. The quantitative estimate of drug-likeness (QED) is 0.636. The van der Waals surface area contributed by atoms with Crippen molar-refractivity contribution >= 4 is 34.5 Å². The maximum absolute atomic E-state index is 13.6. The Morgan fingerprint density at radius 2 is 2.20 bits per heavy atom. The van der Waals surface area contributed by atoms with Crippen LogP contribution in [-0.2, 0) is 9.53 Å². The molecule has 20 heavy (non-hydrogen) atoms. The van der Waals surface area contributed by atoms with Crippen LogP contribution in [0.4, 0.5) is 4.39 Å². The number of nitrogens with zero attached hydrogens (tertiary/aromatic N) is 1. The van der Waals surface area contributed by atoms with Crippen LogP contribution in [0.3, 0.4) is 0 Å². The smallest absolute Gasteiger partial charge is 0.330 e. The van der Waals surface area contributed by atoms with Gasteiger partial charge in [-0.05, 0) is 38.1 Å². The summed E-state index contributed by atoms with van der Waals surface area (Å²) >= 11 is 6.10. The maximum Gasteiger partial charge on any atom is 0.330 e. The van der Waals surface area contributed by atoms with E-state index < -0.39 is 11.8 Å². The summed E-state index contributed by atoms with van der Waals surface area (Å²) in [6.07, 6.45) is 2.72. The predicted octanol–water partition coefficient (Wildman–Crippen LogP) is 3.91. The predicted molar refractivity (Wildman–Crippen MR) is 77.1 cm³/mol. The number of carbonyl (C=O) groups is 1. The number of rotatable bonds is 3. The van der Waals surface area contributed by atoms with Crippen LogP contribution >= 0.6 is 11.6 Å². The topological polar surface area (TPSA) is 39.2 Å². The second kappa shape index (κ2) is 6.01. The highest BCUT2D eigenvalue weighted by Gasteiger charge is 2.08. The lowest BCUT2D eigenvalue weighted by Crippen LogP contribution is -1.99. The number of aromatic nitrogens is 1. The van der Waals surface area contributed by atoms with Gasteiger partial charge in [0.15, 0.2) is 0 Å². The summed E-state index contributed by atoms with van der Waals surface area (Å²) in [5.41, 5.74) is 1.76. The molecule has 0 aliphatic heterocycles. The molecule has 2 rings (SSSR count). The van der Waals surface area contributed by atoms with Gasteiger partial charge in [0.25, 0.3) is 0 Å².